The van der Waals surface area contributed by atoms with Gasteiger partial charge in [0.25, 0.3) is 0 Å². The summed E-state index contributed by atoms with van der Waals surface area (Å²) in [6.45, 7) is 3.78. The molecule has 5 rings (SSSR count). The maximum absolute atomic E-state index is 12.8. The first kappa shape index (κ1) is 23.4. The van der Waals surface area contributed by atoms with Crippen molar-refractivity contribution < 1.29 is 22.0 Å². The molecule has 2 aromatic heterocycles. The Hall–Kier alpha value is -3.39. The molecule has 0 unspecified atom stereocenters. The van der Waals surface area contributed by atoms with Crippen LogP contribution >= 0.6 is 0 Å². The number of carbonyl (C=O) groups excluding carboxylic acids is 1. The van der Waals surface area contributed by atoms with Crippen molar-refractivity contribution in [3.05, 3.63) is 69.8 Å². The fourth-order valence-corrected chi connectivity index (χ4v) is 6.82. The Bertz CT molecular complexity index is 1610. The van der Waals surface area contributed by atoms with E-state index in [1.807, 2.05) is 50.2 Å². The summed E-state index contributed by atoms with van der Waals surface area (Å²) in [6, 6.07) is 13.4. The number of aryl methyl sites for hydroxylation is 2. The molecule has 182 valence electrons. The lowest BCUT2D eigenvalue weighted by atomic mass is 9.98. The first-order valence-electron chi connectivity index (χ1n) is 11.7. The highest BCUT2D eigenvalue weighted by Gasteiger charge is 2.32. The molecule has 1 aliphatic rings. The topological polar surface area (TPSA) is 97.8 Å². The molecule has 0 saturated carbocycles. The molecule has 0 bridgehead atoms. The van der Waals surface area contributed by atoms with Gasteiger partial charge in [0, 0.05) is 47.5 Å². The summed E-state index contributed by atoms with van der Waals surface area (Å²) in [5.41, 5.74) is 3.89. The van der Waals surface area contributed by atoms with E-state index in [0.29, 0.717) is 23.2 Å². The molecular formula is C27H27NO6S. The molecule has 1 fully saturated rings. The van der Waals surface area contributed by atoms with Crippen LogP contribution in [0.15, 0.2) is 56.1 Å². The standard InChI is InChI=1S/C27H27NO6S/c1-16-20(9-10-25(29)28(3)19-11-12-35(31,32)15-19)27(30)34-23-14-24-22(13-21(16)23)26(17(2)33-24)18-7-5-4-6-8-18/h4-8,13-14,19H,9-12,15H2,1-3H3/t19-/m1/s1. The molecule has 1 aliphatic heterocycles. The largest absolute Gasteiger partial charge is 0.461 e. The molecule has 3 heterocycles. The number of nitrogens with zero attached hydrogens (tertiary/aromatic N) is 1. The van der Waals surface area contributed by atoms with E-state index in [-0.39, 0.29) is 36.3 Å². The van der Waals surface area contributed by atoms with Crippen LogP contribution in [0.1, 0.15) is 29.7 Å². The molecule has 2 aromatic carbocycles. The Kier molecular flexibility index (Phi) is 5.79. The Labute approximate surface area is 203 Å². The van der Waals surface area contributed by atoms with Crippen molar-refractivity contribution in [1.29, 1.82) is 0 Å². The molecule has 7 nitrogen and oxygen atoms in total. The quantitative estimate of drug-likeness (QED) is 0.382. The number of carbonyl (C=O) groups is 1. The third-order valence-corrected chi connectivity index (χ3v) is 8.82. The molecule has 0 spiro atoms. The minimum absolute atomic E-state index is 0.00373. The van der Waals surface area contributed by atoms with Crippen molar-refractivity contribution in [3.63, 3.8) is 0 Å². The van der Waals surface area contributed by atoms with E-state index in [1.54, 1.807) is 13.1 Å². The molecule has 0 aliphatic carbocycles. The zero-order valence-corrected chi connectivity index (χ0v) is 20.8. The second-order valence-corrected chi connectivity index (χ2v) is 11.5. The molecule has 1 atom stereocenters. The number of benzene rings is 2. The highest BCUT2D eigenvalue weighted by Crippen LogP contribution is 2.37. The van der Waals surface area contributed by atoms with E-state index < -0.39 is 15.5 Å². The minimum Gasteiger partial charge on any atom is -0.461 e. The van der Waals surface area contributed by atoms with E-state index in [1.165, 1.54) is 4.90 Å². The van der Waals surface area contributed by atoms with Crippen LogP contribution in [-0.2, 0) is 21.1 Å². The van der Waals surface area contributed by atoms with Crippen molar-refractivity contribution in [3.8, 4) is 11.1 Å². The van der Waals surface area contributed by atoms with Gasteiger partial charge in [-0.2, -0.15) is 0 Å². The van der Waals surface area contributed by atoms with Crippen molar-refractivity contribution in [2.24, 2.45) is 0 Å². The molecule has 0 radical (unpaired) electrons. The number of hydrogen-bond donors (Lipinski definition) is 0. The fraction of sp³-hybridized carbons (Fsp3) is 0.333. The lowest BCUT2D eigenvalue weighted by Crippen LogP contribution is -2.38. The molecule has 35 heavy (non-hydrogen) atoms. The van der Waals surface area contributed by atoms with Gasteiger partial charge in [-0.1, -0.05) is 30.3 Å². The number of furan rings is 1. The summed E-state index contributed by atoms with van der Waals surface area (Å²) in [4.78, 5) is 27.1. The Morgan fingerprint density at radius 1 is 1.06 bits per heavy atom. The Morgan fingerprint density at radius 3 is 2.46 bits per heavy atom. The van der Waals surface area contributed by atoms with Gasteiger partial charge in [0.1, 0.15) is 16.9 Å². The van der Waals surface area contributed by atoms with Crippen LogP contribution in [0.2, 0.25) is 0 Å². The number of rotatable bonds is 5. The fourth-order valence-electron chi connectivity index (χ4n) is 5.05. The van der Waals surface area contributed by atoms with Gasteiger partial charge < -0.3 is 13.7 Å². The highest BCUT2D eigenvalue weighted by atomic mass is 32.2. The maximum Gasteiger partial charge on any atom is 0.339 e. The predicted molar refractivity (Wildman–Crippen MR) is 135 cm³/mol. The third kappa shape index (κ3) is 4.27. The summed E-state index contributed by atoms with van der Waals surface area (Å²) in [5.74, 6) is 0.703. The second-order valence-electron chi connectivity index (χ2n) is 9.30. The van der Waals surface area contributed by atoms with Crippen LogP contribution in [0, 0.1) is 13.8 Å². The van der Waals surface area contributed by atoms with Gasteiger partial charge in [0.2, 0.25) is 5.91 Å². The SMILES string of the molecule is Cc1oc2cc3oc(=O)c(CCC(=O)N(C)[C@@H]4CCS(=O)(=O)C4)c(C)c3cc2c1-c1ccccc1. The van der Waals surface area contributed by atoms with Crippen LogP contribution in [0.4, 0.5) is 0 Å². The van der Waals surface area contributed by atoms with E-state index in [0.717, 1.165) is 33.2 Å². The Balaban J connectivity index is 1.48. The second kappa shape index (κ2) is 8.68. The average molecular weight is 494 g/mol. The average Bonchev–Trinajstić information content (AvgIpc) is 3.35. The van der Waals surface area contributed by atoms with Crippen LogP contribution < -0.4 is 5.63 Å². The summed E-state index contributed by atoms with van der Waals surface area (Å²) < 4.78 is 35.2. The smallest absolute Gasteiger partial charge is 0.339 e. The Morgan fingerprint density at radius 2 is 1.77 bits per heavy atom. The summed E-state index contributed by atoms with van der Waals surface area (Å²) in [5, 5.41) is 1.73. The number of sulfone groups is 1. The van der Waals surface area contributed by atoms with Crippen molar-refractivity contribution in [1.82, 2.24) is 4.90 Å². The van der Waals surface area contributed by atoms with E-state index in [4.69, 9.17) is 8.83 Å². The van der Waals surface area contributed by atoms with Crippen LogP contribution in [0.3, 0.4) is 0 Å². The van der Waals surface area contributed by atoms with Gasteiger partial charge in [-0.05, 0) is 43.9 Å². The van der Waals surface area contributed by atoms with Gasteiger partial charge in [-0.3, -0.25) is 4.79 Å². The van der Waals surface area contributed by atoms with Gasteiger partial charge in [-0.25, -0.2) is 13.2 Å². The van der Waals surface area contributed by atoms with E-state index in [9.17, 15) is 18.0 Å². The lowest BCUT2D eigenvalue weighted by Gasteiger charge is -2.23. The number of hydrogen-bond acceptors (Lipinski definition) is 6. The molecule has 1 saturated heterocycles. The summed E-state index contributed by atoms with van der Waals surface area (Å²) in [6.07, 6.45) is 0.777. The predicted octanol–water partition coefficient (Wildman–Crippen LogP) is 4.40. The monoisotopic (exact) mass is 493 g/mol. The number of fused-ring (bicyclic) bond motifs is 2. The van der Waals surface area contributed by atoms with Crippen molar-refractivity contribution >= 4 is 37.7 Å². The van der Waals surface area contributed by atoms with Crippen molar-refractivity contribution in [2.45, 2.75) is 39.2 Å². The van der Waals surface area contributed by atoms with Crippen LogP contribution in [0.5, 0.6) is 0 Å². The highest BCUT2D eigenvalue weighted by molar-refractivity contribution is 7.91. The van der Waals surface area contributed by atoms with Crippen molar-refractivity contribution in [2.75, 3.05) is 18.6 Å². The third-order valence-electron chi connectivity index (χ3n) is 7.07. The molecule has 8 heteroatoms. The summed E-state index contributed by atoms with van der Waals surface area (Å²) in [7, 11) is -1.45. The van der Waals surface area contributed by atoms with Crippen LogP contribution in [0.25, 0.3) is 33.1 Å². The van der Waals surface area contributed by atoms with Gasteiger partial charge in [-0.15, -0.1) is 0 Å². The van der Waals surface area contributed by atoms with Gasteiger partial charge in [0.05, 0.1) is 11.5 Å². The molecule has 4 aromatic rings. The molecule has 1 amide bonds. The van der Waals surface area contributed by atoms with E-state index in [2.05, 4.69) is 0 Å². The summed E-state index contributed by atoms with van der Waals surface area (Å²) >= 11 is 0. The number of amides is 1. The van der Waals surface area contributed by atoms with Crippen LogP contribution in [-0.4, -0.2) is 43.8 Å². The molecule has 0 N–H and O–H groups in total. The first-order valence-corrected chi connectivity index (χ1v) is 13.5. The maximum atomic E-state index is 12.8. The minimum atomic E-state index is -3.09. The molecular weight excluding hydrogens is 466 g/mol. The zero-order chi connectivity index (χ0) is 24.9. The van der Waals surface area contributed by atoms with Gasteiger partial charge >= 0.3 is 5.63 Å². The first-order chi connectivity index (χ1) is 16.6. The normalized spacial score (nSPS) is 17.3. The lowest BCUT2D eigenvalue weighted by molar-refractivity contribution is -0.131. The zero-order valence-electron chi connectivity index (χ0n) is 20.0. The van der Waals surface area contributed by atoms with E-state index >= 15 is 0 Å². The van der Waals surface area contributed by atoms with Gasteiger partial charge in [0.15, 0.2) is 9.84 Å².